The molecule has 1 aromatic heterocycles. The van der Waals surface area contributed by atoms with E-state index in [0.29, 0.717) is 6.61 Å². The summed E-state index contributed by atoms with van der Waals surface area (Å²) in [4.78, 5) is 14.9. The van der Waals surface area contributed by atoms with Gasteiger partial charge in [0.15, 0.2) is 0 Å². The number of rotatable bonds is 6. The van der Waals surface area contributed by atoms with Gasteiger partial charge in [-0.2, -0.15) is 0 Å². The number of ether oxygens (including phenoxy) is 2. The first-order valence-corrected chi connectivity index (χ1v) is 5.30. The third-order valence-corrected chi connectivity index (χ3v) is 2.11. The van der Waals surface area contributed by atoms with Crippen LogP contribution in [0.2, 0.25) is 0 Å². The third-order valence-electron chi connectivity index (χ3n) is 2.11. The van der Waals surface area contributed by atoms with Gasteiger partial charge >= 0.3 is 5.97 Å². The second kappa shape index (κ2) is 6.22. The van der Waals surface area contributed by atoms with E-state index in [1.807, 2.05) is 6.92 Å². The summed E-state index contributed by atoms with van der Waals surface area (Å²) in [6, 6.07) is 0. The number of nitrogens with zero attached hydrogens (tertiary/aromatic N) is 3. The lowest BCUT2D eigenvalue weighted by molar-refractivity contribution is 0.00580. The van der Waals surface area contributed by atoms with Crippen LogP contribution in [0.3, 0.4) is 0 Å². The van der Waals surface area contributed by atoms with Crippen molar-refractivity contribution >= 4 is 5.97 Å². The average Bonchev–Trinajstić information content (AvgIpc) is 2.77. The van der Waals surface area contributed by atoms with Crippen LogP contribution in [0.5, 0.6) is 0 Å². The Bertz CT molecular complexity index is 338. The topological polar surface area (TPSA) is 66.2 Å². The van der Waals surface area contributed by atoms with Crippen molar-refractivity contribution in [2.24, 2.45) is 0 Å². The van der Waals surface area contributed by atoms with Crippen molar-refractivity contribution in [2.75, 3.05) is 13.7 Å². The van der Waals surface area contributed by atoms with E-state index in [-0.39, 0.29) is 12.1 Å². The maximum atomic E-state index is 11.1. The van der Waals surface area contributed by atoms with E-state index >= 15 is 0 Å². The predicted molar refractivity (Wildman–Crippen MR) is 56.9 cm³/mol. The lowest BCUT2D eigenvalue weighted by atomic mass is 10.4. The Hall–Kier alpha value is -1.43. The second-order valence-electron chi connectivity index (χ2n) is 3.36. The molecular formula is C10H17N3O3. The van der Waals surface area contributed by atoms with E-state index in [9.17, 15) is 4.79 Å². The predicted octanol–water partition coefficient (Wildman–Crippen LogP) is 1.40. The van der Waals surface area contributed by atoms with Gasteiger partial charge in [0.25, 0.3) is 5.82 Å². The minimum atomic E-state index is -0.542. The number of carbonyl (C=O) groups is 1. The first-order chi connectivity index (χ1) is 7.69. The van der Waals surface area contributed by atoms with Gasteiger partial charge in [-0.3, -0.25) is 0 Å². The summed E-state index contributed by atoms with van der Waals surface area (Å²) in [5.74, 6) is -0.493. The van der Waals surface area contributed by atoms with Crippen molar-refractivity contribution in [2.45, 2.75) is 32.9 Å². The van der Waals surface area contributed by atoms with Crippen LogP contribution in [0.1, 0.15) is 43.5 Å². The summed E-state index contributed by atoms with van der Waals surface area (Å²) < 4.78 is 11.5. The van der Waals surface area contributed by atoms with Crippen LogP contribution < -0.4 is 0 Å². The molecule has 0 aliphatic rings. The van der Waals surface area contributed by atoms with Gasteiger partial charge in [-0.1, -0.05) is 13.3 Å². The molecular weight excluding hydrogens is 210 g/mol. The summed E-state index contributed by atoms with van der Waals surface area (Å²) in [5.41, 5.74) is 0. The molecule has 16 heavy (non-hydrogen) atoms. The van der Waals surface area contributed by atoms with Crippen molar-refractivity contribution in [3.05, 3.63) is 12.2 Å². The first kappa shape index (κ1) is 12.6. The van der Waals surface area contributed by atoms with Crippen LogP contribution in [0.4, 0.5) is 0 Å². The van der Waals surface area contributed by atoms with Gasteiger partial charge in [0, 0.05) is 6.61 Å². The highest BCUT2D eigenvalue weighted by atomic mass is 16.5. The van der Waals surface area contributed by atoms with Gasteiger partial charge in [0.05, 0.1) is 7.11 Å². The van der Waals surface area contributed by atoms with Crippen molar-refractivity contribution < 1.29 is 14.3 Å². The van der Waals surface area contributed by atoms with Crippen LogP contribution in [0, 0.1) is 0 Å². The standard InChI is InChI=1S/C10H17N3O3/c1-4-5-6-16-8(2)13-7-11-9(12-13)10(14)15-3/h7-8H,4-6H2,1-3H3. The summed E-state index contributed by atoms with van der Waals surface area (Å²) >= 11 is 0. The molecule has 1 aromatic rings. The molecule has 0 saturated carbocycles. The molecule has 0 aliphatic heterocycles. The lowest BCUT2D eigenvalue weighted by Gasteiger charge is -2.11. The molecule has 1 atom stereocenters. The van der Waals surface area contributed by atoms with Crippen molar-refractivity contribution in [3.63, 3.8) is 0 Å². The molecule has 0 bridgehead atoms. The fraction of sp³-hybridized carbons (Fsp3) is 0.700. The Morgan fingerprint density at radius 2 is 2.38 bits per heavy atom. The van der Waals surface area contributed by atoms with Gasteiger partial charge in [0.2, 0.25) is 0 Å². The molecule has 1 rings (SSSR count). The zero-order valence-electron chi connectivity index (χ0n) is 9.84. The molecule has 0 radical (unpaired) electrons. The van der Waals surface area contributed by atoms with E-state index in [2.05, 4.69) is 21.7 Å². The van der Waals surface area contributed by atoms with Crippen LogP contribution in [0.15, 0.2) is 6.33 Å². The van der Waals surface area contributed by atoms with Gasteiger partial charge < -0.3 is 9.47 Å². The molecule has 0 N–H and O–H groups in total. The van der Waals surface area contributed by atoms with Crippen LogP contribution in [-0.4, -0.2) is 34.5 Å². The number of aromatic nitrogens is 3. The summed E-state index contributed by atoms with van der Waals surface area (Å²) in [6.45, 7) is 4.62. The summed E-state index contributed by atoms with van der Waals surface area (Å²) in [6.07, 6.45) is 3.32. The Balaban J connectivity index is 2.52. The number of methoxy groups -OCH3 is 1. The third kappa shape index (κ3) is 3.30. The van der Waals surface area contributed by atoms with E-state index in [4.69, 9.17) is 4.74 Å². The SMILES string of the molecule is CCCCOC(C)n1cnc(C(=O)OC)n1. The summed E-state index contributed by atoms with van der Waals surface area (Å²) in [7, 11) is 1.30. The number of hydrogen-bond acceptors (Lipinski definition) is 5. The minimum absolute atomic E-state index is 0.0495. The van der Waals surface area contributed by atoms with Gasteiger partial charge in [-0.15, -0.1) is 5.10 Å². The van der Waals surface area contributed by atoms with Crippen LogP contribution in [0.25, 0.3) is 0 Å². The monoisotopic (exact) mass is 227 g/mol. The van der Waals surface area contributed by atoms with Crippen LogP contribution >= 0.6 is 0 Å². The largest absolute Gasteiger partial charge is 0.463 e. The molecule has 0 saturated heterocycles. The Labute approximate surface area is 94.6 Å². The second-order valence-corrected chi connectivity index (χ2v) is 3.36. The first-order valence-electron chi connectivity index (χ1n) is 5.30. The number of carbonyl (C=O) groups excluding carboxylic acids is 1. The van der Waals surface area contributed by atoms with Crippen molar-refractivity contribution in [1.29, 1.82) is 0 Å². The lowest BCUT2D eigenvalue weighted by Crippen LogP contribution is -2.12. The molecule has 0 aliphatic carbocycles. The van der Waals surface area contributed by atoms with E-state index in [1.165, 1.54) is 18.1 Å². The summed E-state index contributed by atoms with van der Waals surface area (Å²) in [5, 5.41) is 3.97. The number of hydrogen-bond donors (Lipinski definition) is 0. The number of esters is 1. The quantitative estimate of drug-likeness (QED) is 0.543. The highest BCUT2D eigenvalue weighted by Crippen LogP contribution is 2.07. The minimum Gasteiger partial charge on any atom is -0.463 e. The normalized spacial score (nSPS) is 12.4. The molecule has 0 fully saturated rings. The molecule has 0 aromatic carbocycles. The fourth-order valence-corrected chi connectivity index (χ4v) is 1.11. The molecule has 6 nitrogen and oxygen atoms in total. The van der Waals surface area contributed by atoms with Gasteiger partial charge in [0.1, 0.15) is 12.6 Å². The van der Waals surface area contributed by atoms with E-state index < -0.39 is 5.97 Å². The van der Waals surface area contributed by atoms with Crippen molar-refractivity contribution in [1.82, 2.24) is 14.8 Å². The zero-order valence-corrected chi connectivity index (χ0v) is 9.84. The molecule has 0 spiro atoms. The van der Waals surface area contributed by atoms with E-state index in [0.717, 1.165) is 12.8 Å². The Kier molecular flexibility index (Phi) is 4.91. The smallest absolute Gasteiger partial charge is 0.377 e. The molecule has 90 valence electrons. The van der Waals surface area contributed by atoms with Crippen LogP contribution in [-0.2, 0) is 9.47 Å². The molecule has 6 heteroatoms. The molecule has 1 unspecified atom stereocenters. The van der Waals surface area contributed by atoms with Crippen molar-refractivity contribution in [3.8, 4) is 0 Å². The maximum Gasteiger partial charge on any atom is 0.377 e. The number of unbranched alkanes of at least 4 members (excludes halogenated alkanes) is 1. The fourth-order valence-electron chi connectivity index (χ4n) is 1.11. The highest BCUT2D eigenvalue weighted by Gasteiger charge is 2.13. The van der Waals surface area contributed by atoms with E-state index in [1.54, 1.807) is 0 Å². The average molecular weight is 227 g/mol. The maximum absolute atomic E-state index is 11.1. The molecule has 0 amide bonds. The Morgan fingerprint density at radius 3 is 3.00 bits per heavy atom. The Morgan fingerprint density at radius 1 is 1.62 bits per heavy atom. The van der Waals surface area contributed by atoms with Gasteiger partial charge in [-0.25, -0.2) is 14.5 Å². The zero-order chi connectivity index (χ0) is 12.0. The van der Waals surface area contributed by atoms with Gasteiger partial charge in [-0.05, 0) is 13.3 Å². The molecule has 1 heterocycles. The highest BCUT2D eigenvalue weighted by molar-refractivity contribution is 5.84.